The lowest BCUT2D eigenvalue weighted by atomic mass is 9.88. The van der Waals surface area contributed by atoms with E-state index in [-0.39, 0.29) is 12.1 Å². The lowest BCUT2D eigenvalue weighted by molar-refractivity contribution is 0.0801. The van der Waals surface area contributed by atoms with E-state index in [1.807, 2.05) is 0 Å². The highest BCUT2D eigenvalue weighted by molar-refractivity contribution is 4.92. The molecule has 1 aliphatic heterocycles. The quantitative estimate of drug-likeness (QED) is 0.690. The number of nitrogens with one attached hydrogen (secondary N) is 1. The first kappa shape index (κ1) is 12.0. The van der Waals surface area contributed by atoms with Gasteiger partial charge in [-0.3, -0.25) is 0 Å². The van der Waals surface area contributed by atoms with Crippen LogP contribution in [0, 0.1) is 0 Å². The number of aliphatic hydroxyl groups excluding tert-OH is 1. The van der Waals surface area contributed by atoms with Crippen molar-refractivity contribution in [2.75, 3.05) is 32.8 Å². The van der Waals surface area contributed by atoms with Gasteiger partial charge in [-0.25, -0.2) is 0 Å². The van der Waals surface area contributed by atoms with Crippen LogP contribution in [0.15, 0.2) is 0 Å². The molecule has 1 heterocycles. The van der Waals surface area contributed by atoms with E-state index in [0.29, 0.717) is 0 Å². The van der Waals surface area contributed by atoms with Crippen LogP contribution in [-0.2, 0) is 0 Å². The molecule has 0 aromatic carbocycles. The molecule has 0 aromatic rings. The molecule has 1 fully saturated rings. The van der Waals surface area contributed by atoms with Gasteiger partial charge in [0.1, 0.15) is 0 Å². The monoisotopic (exact) mass is 200 g/mol. The third kappa shape index (κ3) is 2.94. The van der Waals surface area contributed by atoms with Crippen LogP contribution in [-0.4, -0.2) is 48.3 Å². The number of aliphatic hydroxyl groups is 1. The van der Waals surface area contributed by atoms with Crippen LogP contribution in [0.2, 0.25) is 0 Å². The molecule has 1 saturated heterocycles. The summed E-state index contributed by atoms with van der Waals surface area (Å²) in [5.41, 5.74) is 0.0129. The number of nitrogens with zero attached hydrogens (tertiary/aromatic N) is 1. The molecule has 0 bridgehead atoms. The van der Waals surface area contributed by atoms with Crippen LogP contribution < -0.4 is 5.32 Å². The average Bonchev–Trinajstić information content (AvgIpc) is 2.22. The molecule has 14 heavy (non-hydrogen) atoms. The number of piperidine rings is 1. The Morgan fingerprint density at radius 2 is 1.93 bits per heavy atom. The minimum absolute atomic E-state index is 0.0129. The van der Waals surface area contributed by atoms with Gasteiger partial charge in [0, 0.05) is 5.54 Å². The number of rotatable bonds is 5. The number of hydrogen-bond acceptors (Lipinski definition) is 3. The first-order valence-corrected chi connectivity index (χ1v) is 5.84. The standard InChI is InChI=1S/C11H24N2O/c1-3-7-13-8-5-11(10-14,6-9-13)12-4-2/h12,14H,3-10H2,1-2H3. The van der Waals surface area contributed by atoms with Gasteiger partial charge < -0.3 is 15.3 Å². The molecule has 0 unspecified atom stereocenters. The maximum Gasteiger partial charge on any atom is 0.0614 e. The topological polar surface area (TPSA) is 35.5 Å². The first-order chi connectivity index (χ1) is 6.76. The van der Waals surface area contributed by atoms with Gasteiger partial charge >= 0.3 is 0 Å². The number of likely N-dealkylation sites (N-methyl/N-ethyl adjacent to an activating group) is 1. The van der Waals surface area contributed by atoms with Crippen LogP contribution in [0.3, 0.4) is 0 Å². The zero-order valence-corrected chi connectivity index (χ0v) is 9.55. The van der Waals surface area contributed by atoms with Gasteiger partial charge in [0.25, 0.3) is 0 Å². The van der Waals surface area contributed by atoms with Gasteiger partial charge in [-0.15, -0.1) is 0 Å². The smallest absolute Gasteiger partial charge is 0.0614 e. The Kier molecular flexibility index (Phi) is 4.85. The molecule has 0 aromatic heterocycles. The summed E-state index contributed by atoms with van der Waals surface area (Å²) < 4.78 is 0. The molecule has 0 saturated carbocycles. The molecule has 1 rings (SSSR count). The molecular weight excluding hydrogens is 176 g/mol. The van der Waals surface area contributed by atoms with E-state index in [4.69, 9.17) is 0 Å². The highest BCUT2D eigenvalue weighted by atomic mass is 16.3. The van der Waals surface area contributed by atoms with Gasteiger partial charge in [-0.2, -0.15) is 0 Å². The van der Waals surface area contributed by atoms with Crippen molar-refractivity contribution in [3.63, 3.8) is 0 Å². The van der Waals surface area contributed by atoms with Crippen LogP contribution in [0.4, 0.5) is 0 Å². The normalized spacial score (nSPS) is 22.5. The van der Waals surface area contributed by atoms with Crippen LogP contribution >= 0.6 is 0 Å². The van der Waals surface area contributed by atoms with E-state index in [2.05, 4.69) is 24.1 Å². The third-order valence-corrected chi connectivity index (χ3v) is 3.21. The first-order valence-electron chi connectivity index (χ1n) is 5.84. The fourth-order valence-electron chi connectivity index (χ4n) is 2.29. The van der Waals surface area contributed by atoms with E-state index >= 15 is 0 Å². The summed E-state index contributed by atoms with van der Waals surface area (Å²) >= 11 is 0. The van der Waals surface area contributed by atoms with Gasteiger partial charge in [0.05, 0.1) is 6.61 Å². The summed E-state index contributed by atoms with van der Waals surface area (Å²) in [4.78, 5) is 2.49. The van der Waals surface area contributed by atoms with E-state index in [9.17, 15) is 5.11 Å². The Labute approximate surface area is 87.5 Å². The van der Waals surface area contributed by atoms with Gasteiger partial charge in [0.2, 0.25) is 0 Å². The summed E-state index contributed by atoms with van der Waals surface area (Å²) in [6, 6.07) is 0. The molecule has 0 atom stereocenters. The van der Waals surface area contributed by atoms with Crippen molar-refractivity contribution in [1.82, 2.24) is 10.2 Å². The van der Waals surface area contributed by atoms with Crippen molar-refractivity contribution in [3.05, 3.63) is 0 Å². The second kappa shape index (κ2) is 5.69. The van der Waals surface area contributed by atoms with Crippen molar-refractivity contribution in [3.8, 4) is 0 Å². The highest BCUT2D eigenvalue weighted by Gasteiger charge is 2.32. The maximum atomic E-state index is 9.41. The zero-order valence-electron chi connectivity index (χ0n) is 9.55. The zero-order chi connectivity index (χ0) is 10.4. The largest absolute Gasteiger partial charge is 0.394 e. The molecule has 0 aliphatic carbocycles. The maximum absolute atomic E-state index is 9.41. The minimum atomic E-state index is 0.0129. The number of hydrogen-bond donors (Lipinski definition) is 2. The second-order valence-corrected chi connectivity index (χ2v) is 4.31. The Balaban J connectivity index is 2.38. The van der Waals surface area contributed by atoms with Crippen molar-refractivity contribution in [2.45, 2.75) is 38.6 Å². The van der Waals surface area contributed by atoms with Crippen molar-refractivity contribution >= 4 is 0 Å². The van der Waals surface area contributed by atoms with Crippen molar-refractivity contribution in [2.24, 2.45) is 0 Å². The Morgan fingerprint density at radius 3 is 2.36 bits per heavy atom. The third-order valence-electron chi connectivity index (χ3n) is 3.21. The fraction of sp³-hybridized carbons (Fsp3) is 1.00. The molecule has 84 valence electrons. The van der Waals surface area contributed by atoms with Crippen molar-refractivity contribution < 1.29 is 5.11 Å². The van der Waals surface area contributed by atoms with E-state index in [1.54, 1.807) is 0 Å². The Bertz CT molecular complexity index is 153. The van der Waals surface area contributed by atoms with Crippen LogP contribution in [0.5, 0.6) is 0 Å². The van der Waals surface area contributed by atoms with E-state index < -0.39 is 0 Å². The summed E-state index contributed by atoms with van der Waals surface area (Å²) in [7, 11) is 0. The molecule has 0 spiro atoms. The van der Waals surface area contributed by atoms with Crippen molar-refractivity contribution in [1.29, 1.82) is 0 Å². The molecular formula is C11H24N2O. The predicted molar refractivity (Wildman–Crippen MR) is 59.5 cm³/mol. The lowest BCUT2D eigenvalue weighted by Gasteiger charge is -2.41. The SMILES string of the molecule is CCCN1CCC(CO)(NCC)CC1. The molecule has 0 radical (unpaired) electrons. The Morgan fingerprint density at radius 1 is 1.29 bits per heavy atom. The predicted octanol–water partition coefficient (Wildman–Crippen LogP) is 0.833. The van der Waals surface area contributed by atoms with Gasteiger partial charge in [-0.1, -0.05) is 13.8 Å². The summed E-state index contributed by atoms with van der Waals surface area (Å²) in [6.07, 6.45) is 3.39. The molecule has 3 nitrogen and oxygen atoms in total. The lowest BCUT2D eigenvalue weighted by Crippen LogP contribution is -2.55. The average molecular weight is 200 g/mol. The van der Waals surface area contributed by atoms with Crippen LogP contribution in [0.25, 0.3) is 0 Å². The fourth-order valence-corrected chi connectivity index (χ4v) is 2.29. The Hall–Kier alpha value is -0.120. The van der Waals surface area contributed by atoms with E-state index in [0.717, 1.165) is 32.5 Å². The molecule has 3 heteroatoms. The highest BCUT2D eigenvalue weighted by Crippen LogP contribution is 2.21. The number of likely N-dealkylation sites (tertiary alicyclic amines) is 1. The van der Waals surface area contributed by atoms with E-state index in [1.165, 1.54) is 13.0 Å². The molecule has 1 aliphatic rings. The van der Waals surface area contributed by atoms with Gasteiger partial charge in [0.15, 0.2) is 0 Å². The summed E-state index contributed by atoms with van der Waals surface area (Å²) in [5, 5.41) is 12.8. The molecule has 2 N–H and O–H groups in total. The molecule has 0 amide bonds. The summed E-state index contributed by atoms with van der Waals surface area (Å²) in [6.45, 7) is 9.01. The van der Waals surface area contributed by atoms with Crippen LogP contribution in [0.1, 0.15) is 33.1 Å². The summed E-state index contributed by atoms with van der Waals surface area (Å²) in [5.74, 6) is 0. The second-order valence-electron chi connectivity index (χ2n) is 4.31. The van der Waals surface area contributed by atoms with Gasteiger partial charge in [-0.05, 0) is 45.4 Å². The minimum Gasteiger partial charge on any atom is -0.394 e.